The lowest BCUT2D eigenvalue weighted by Gasteiger charge is -2.27. The molecule has 0 radical (unpaired) electrons. The Bertz CT molecular complexity index is 540. The van der Waals surface area contributed by atoms with Crippen LogP contribution in [-0.4, -0.2) is 42.0 Å². The summed E-state index contributed by atoms with van der Waals surface area (Å²) in [5, 5.41) is 16.7. The molecule has 0 fully saturated rings. The van der Waals surface area contributed by atoms with Crippen molar-refractivity contribution < 1.29 is 14.6 Å². The van der Waals surface area contributed by atoms with Gasteiger partial charge in [0.1, 0.15) is 5.60 Å². The molecule has 0 saturated carbocycles. The number of nitrogens with one attached hydrogen (secondary N) is 2. The van der Waals surface area contributed by atoms with Crippen LogP contribution >= 0.6 is 0 Å². The highest BCUT2D eigenvalue weighted by Gasteiger charge is 2.24. The van der Waals surface area contributed by atoms with E-state index in [4.69, 9.17) is 4.74 Å². The van der Waals surface area contributed by atoms with Crippen LogP contribution in [0, 0.1) is 5.92 Å². The molecule has 0 aliphatic heterocycles. The molecule has 0 spiro atoms. The van der Waals surface area contributed by atoms with E-state index in [2.05, 4.69) is 24.1 Å². The first-order valence-corrected chi connectivity index (χ1v) is 9.24. The quantitative estimate of drug-likeness (QED) is 0.559. The predicted octanol–water partition coefficient (Wildman–Crippen LogP) is 3.29. The number of benzene rings is 1. The van der Waals surface area contributed by atoms with Crippen LogP contribution in [0.4, 0.5) is 4.79 Å². The topological polar surface area (TPSA) is 70.6 Å². The SMILES string of the molecule is C=CCC(C)CNC[C@@H](O)[C@H](Cc1ccccc1)NC(=O)OC(C)(C)C. The van der Waals surface area contributed by atoms with Gasteiger partial charge in [0.15, 0.2) is 0 Å². The van der Waals surface area contributed by atoms with E-state index in [1.54, 1.807) is 0 Å². The Balaban J connectivity index is 2.66. The number of alkyl carbamates (subject to hydrolysis) is 1. The second-order valence-electron chi connectivity index (χ2n) is 7.80. The normalized spacial score (nSPS) is 15.0. The van der Waals surface area contributed by atoms with Crippen LogP contribution in [-0.2, 0) is 11.2 Å². The van der Waals surface area contributed by atoms with Crippen LogP contribution in [0.5, 0.6) is 0 Å². The predicted molar refractivity (Wildman–Crippen MR) is 106 cm³/mol. The lowest BCUT2D eigenvalue weighted by Crippen LogP contribution is -2.50. The maximum atomic E-state index is 12.2. The summed E-state index contributed by atoms with van der Waals surface area (Å²) in [4.78, 5) is 12.2. The highest BCUT2D eigenvalue weighted by Crippen LogP contribution is 2.10. The number of carbonyl (C=O) groups excluding carboxylic acids is 1. The maximum Gasteiger partial charge on any atom is 0.407 e. The molecule has 0 heterocycles. The highest BCUT2D eigenvalue weighted by molar-refractivity contribution is 5.68. The van der Waals surface area contributed by atoms with Crippen LogP contribution < -0.4 is 10.6 Å². The smallest absolute Gasteiger partial charge is 0.407 e. The molecule has 146 valence electrons. The van der Waals surface area contributed by atoms with Crippen molar-refractivity contribution in [3.63, 3.8) is 0 Å². The van der Waals surface area contributed by atoms with E-state index in [0.29, 0.717) is 18.9 Å². The van der Waals surface area contributed by atoms with Gasteiger partial charge >= 0.3 is 6.09 Å². The van der Waals surface area contributed by atoms with Gasteiger partial charge in [-0.15, -0.1) is 6.58 Å². The highest BCUT2D eigenvalue weighted by atomic mass is 16.6. The molecule has 0 aliphatic rings. The van der Waals surface area contributed by atoms with E-state index >= 15 is 0 Å². The fourth-order valence-corrected chi connectivity index (χ4v) is 2.60. The van der Waals surface area contributed by atoms with Gasteiger partial charge in [0.05, 0.1) is 12.1 Å². The molecule has 1 rings (SSSR count). The van der Waals surface area contributed by atoms with Crippen LogP contribution in [0.1, 0.15) is 39.7 Å². The zero-order valence-corrected chi connectivity index (χ0v) is 16.5. The Morgan fingerprint density at radius 1 is 1.27 bits per heavy atom. The zero-order valence-electron chi connectivity index (χ0n) is 16.5. The van der Waals surface area contributed by atoms with E-state index in [9.17, 15) is 9.90 Å². The molecule has 1 unspecified atom stereocenters. The second-order valence-corrected chi connectivity index (χ2v) is 7.80. The monoisotopic (exact) mass is 362 g/mol. The number of amides is 1. The number of ether oxygens (including phenoxy) is 1. The summed E-state index contributed by atoms with van der Waals surface area (Å²) >= 11 is 0. The minimum atomic E-state index is -0.723. The standard InChI is InChI=1S/C21H34N2O3/c1-6-10-16(2)14-22-15-19(24)18(13-17-11-8-7-9-12-17)23-20(25)26-21(3,4)5/h6-9,11-12,16,18-19,22,24H,1,10,13-15H2,2-5H3,(H,23,25)/t16?,18-,19+/m0/s1. The summed E-state index contributed by atoms with van der Waals surface area (Å²) in [6.07, 6.45) is 2.11. The van der Waals surface area contributed by atoms with Gasteiger partial charge in [-0.2, -0.15) is 0 Å². The molecule has 1 amide bonds. The number of allylic oxidation sites excluding steroid dienone is 1. The van der Waals surface area contributed by atoms with E-state index in [-0.39, 0.29) is 0 Å². The number of aliphatic hydroxyl groups excluding tert-OH is 1. The van der Waals surface area contributed by atoms with Crippen molar-refractivity contribution >= 4 is 6.09 Å². The number of hydrogen-bond donors (Lipinski definition) is 3. The maximum absolute atomic E-state index is 12.2. The molecule has 0 bridgehead atoms. The third-order valence-electron chi connectivity index (χ3n) is 3.88. The van der Waals surface area contributed by atoms with Gasteiger partial charge in [-0.25, -0.2) is 4.79 Å². The third kappa shape index (κ3) is 9.59. The summed E-state index contributed by atoms with van der Waals surface area (Å²) in [5.74, 6) is 0.450. The molecular weight excluding hydrogens is 328 g/mol. The van der Waals surface area contributed by atoms with Crippen LogP contribution in [0.2, 0.25) is 0 Å². The van der Waals surface area contributed by atoms with Gasteiger partial charge < -0.3 is 20.5 Å². The molecule has 0 aliphatic carbocycles. The summed E-state index contributed by atoms with van der Waals surface area (Å²) in [7, 11) is 0. The van der Waals surface area contributed by atoms with E-state index in [1.165, 1.54) is 0 Å². The second kappa shape index (κ2) is 11.0. The number of rotatable bonds is 10. The molecular formula is C21H34N2O3. The minimum Gasteiger partial charge on any atom is -0.444 e. The van der Waals surface area contributed by atoms with Crippen LogP contribution in [0.25, 0.3) is 0 Å². The number of aliphatic hydroxyl groups is 1. The first-order valence-electron chi connectivity index (χ1n) is 9.24. The first-order chi connectivity index (χ1) is 12.2. The van der Waals surface area contributed by atoms with Gasteiger partial charge in [-0.05, 0) is 51.6 Å². The average Bonchev–Trinajstić information content (AvgIpc) is 2.53. The fraction of sp³-hybridized carbons (Fsp3) is 0.571. The fourth-order valence-electron chi connectivity index (χ4n) is 2.60. The lowest BCUT2D eigenvalue weighted by molar-refractivity contribution is 0.0422. The van der Waals surface area contributed by atoms with Crippen molar-refractivity contribution in [2.75, 3.05) is 13.1 Å². The van der Waals surface area contributed by atoms with Crippen LogP contribution in [0.15, 0.2) is 43.0 Å². The molecule has 0 saturated heterocycles. The van der Waals surface area contributed by atoms with Gasteiger partial charge in [-0.3, -0.25) is 0 Å². The molecule has 0 aromatic heterocycles. The van der Waals surface area contributed by atoms with Crippen molar-refractivity contribution in [2.24, 2.45) is 5.92 Å². The van der Waals surface area contributed by atoms with Crippen molar-refractivity contribution in [1.82, 2.24) is 10.6 Å². The van der Waals surface area contributed by atoms with E-state index < -0.39 is 23.8 Å². The largest absolute Gasteiger partial charge is 0.444 e. The van der Waals surface area contributed by atoms with E-state index in [1.807, 2.05) is 57.2 Å². The Morgan fingerprint density at radius 3 is 2.50 bits per heavy atom. The molecule has 26 heavy (non-hydrogen) atoms. The van der Waals surface area contributed by atoms with Gasteiger partial charge in [0.25, 0.3) is 0 Å². The molecule has 3 N–H and O–H groups in total. The van der Waals surface area contributed by atoms with Gasteiger partial charge in [-0.1, -0.05) is 43.3 Å². The Morgan fingerprint density at radius 2 is 1.92 bits per heavy atom. The van der Waals surface area contributed by atoms with Crippen molar-refractivity contribution in [3.05, 3.63) is 48.6 Å². The Kier molecular flexibility index (Phi) is 9.38. The average molecular weight is 363 g/mol. The van der Waals surface area contributed by atoms with Crippen molar-refractivity contribution in [2.45, 2.75) is 58.3 Å². The first kappa shape index (κ1) is 22.2. The molecule has 5 nitrogen and oxygen atoms in total. The number of hydrogen-bond acceptors (Lipinski definition) is 4. The zero-order chi connectivity index (χ0) is 19.6. The number of carbonyl (C=O) groups is 1. The summed E-state index contributed by atoms with van der Waals surface area (Å²) in [6, 6.07) is 9.36. The lowest BCUT2D eigenvalue weighted by atomic mass is 10.0. The summed E-state index contributed by atoms with van der Waals surface area (Å²) < 4.78 is 5.34. The Labute approximate surface area is 157 Å². The van der Waals surface area contributed by atoms with Crippen molar-refractivity contribution in [3.8, 4) is 0 Å². The van der Waals surface area contributed by atoms with Crippen molar-refractivity contribution in [1.29, 1.82) is 0 Å². The van der Waals surface area contributed by atoms with E-state index in [0.717, 1.165) is 18.5 Å². The molecule has 3 atom stereocenters. The molecule has 1 aromatic rings. The van der Waals surface area contributed by atoms with Gasteiger partial charge in [0.2, 0.25) is 0 Å². The summed E-state index contributed by atoms with van der Waals surface area (Å²) in [5.41, 5.74) is 0.470. The molecule has 1 aromatic carbocycles. The summed E-state index contributed by atoms with van der Waals surface area (Å²) in [6.45, 7) is 12.5. The Hall–Kier alpha value is -1.85. The van der Waals surface area contributed by atoms with Gasteiger partial charge in [0, 0.05) is 6.54 Å². The van der Waals surface area contributed by atoms with Crippen LogP contribution in [0.3, 0.4) is 0 Å². The minimum absolute atomic E-state index is 0.398. The third-order valence-corrected chi connectivity index (χ3v) is 3.88. The molecule has 5 heteroatoms.